The van der Waals surface area contributed by atoms with Crippen LogP contribution in [0, 0.1) is 12.3 Å². The summed E-state index contributed by atoms with van der Waals surface area (Å²) >= 11 is 6.23. The molecule has 6 rings (SSSR count). The summed E-state index contributed by atoms with van der Waals surface area (Å²) in [6.07, 6.45) is 6.64. The van der Waals surface area contributed by atoms with E-state index in [-0.39, 0.29) is 11.3 Å². The van der Waals surface area contributed by atoms with Crippen molar-refractivity contribution in [1.82, 2.24) is 24.9 Å². The molecule has 1 unspecified atom stereocenters. The van der Waals surface area contributed by atoms with Crippen molar-refractivity contribution in [2.24, 2.45) is 5.41 Å². The minimum absolute atomic E-state index is 0.0614. The van der Waals surface area contributed by atoms with Crippen molar-refractivity contribution in [2.75, 3.05) is 31.1 Å². The van der Waals surface area contributed by atoms with Crippen molar-refractivity contribution < 1.29 is 9.21 Å². The van der Waals surface area contributed by atoms with Crippen molar-refractivity contribution in [1.29, 1.82) is 0 Å². The number of aromatic nitrogens is 4. The first kappa shape index (κ1) is 26.8. The number of hydrogen-bond acceptors (Lipinski definition) is 6. The molecule has 0 N–H and O–H groups in total. The molecule has 3 heterocycles. The predicted octanol–water partition coefficient (Wildman–Crippen LogP) is 6.14. The van der Waals surface area contributed by atoms with Gasteiger partial charge in [-0.3, -0.25) is 4.79 Å². The van der Waals surface area contributed by atoms with Gasteiger partial charge in [-0.25, -0.2) is 0 Å². The summed E-state index contributed by atoms with van der Waals surface area (Å²) in [5.74, 6) is -0.0614. The van der Waals surface area contributed by atoms with E-state index < -0.39 is 0 Å². The number of benzene rings is 3. The second kappa shape index (κ2) is 11.2. The van der Waals surface area contributed by atoms with Gasteiger partial charge in [-0.05, 0) is 55.7 Å². The summed E-state index contributed by atoms with van der Waals surface area (Å²) < 4.78 is 6.21. The second-order valence-electron chi connectivity index (χ2n) is 10.8. The van der Waals surface area contributed by atoms with E-state index in [2.05, 4.69) is 45.9 Å². The third-order valence-electron chi connectivity index (χ3n) is 7.60. The predicted molar refractivity (Wildman–Crippen MR) is 161 cm³/mol. The molecule has 1 amide bonds. The first-order valence-electron chi connectivity index (χ1n) is 13.7. The topological polar surface area (TPSA) is 80.3 Å². The molecule has 2 aromatic heterocycles. The number of rotatable bonds is 7. The fourth-order valence-electron chi connectivity index (χ4n) is 5.77. The van der Waals surface area contributed by atoms with Crippen LogP contribution in [0.1, 0.15) is 27.9 Å². The zero-order valence-corrected chi connectivity index (χ0v) is 23.7. The molecule has 1 aliphatic heterocycles. The van der Waals surface area contributed by atoms with Gasteiger partial charge in [0.1, 0.15) is 5.52 Å². The molecule has 0 spiro atoms. The Labute approximate surface area is 243 Å². The molecule has 9 heteroatoms. The standard InChI is InChI=1S/C32H31ClN6O2/c1-3-13-32(20-24-7-5-4-6-8-24)21-37(30(40)26-18-23(2)9-11-28(26)39-34-14-15-35-39)16-17-38(22-32)31-36-27-19-25(33)10-12-29(27)41-31/h3-12,14-15,18-19H,1,13,16-17,20-22H2,2H3. The monoisotopic (exact) mass is 566 g/mol. The molecule has 0 bridgehead atoms. The van der Waals surface area contributed by atoms with Crippen LogP contribution in [0.2, 0.25) is 5.02 Å². The van der Waals surface area contributed by atoms with Crippen LogP contribution in [0.5, 0.6) is 0 Å². The Kier molecular flexibility index (Phi) is 7.32. The molecule has 0 aliphatic carbocycles. The maximum absolute atomic E-state index is 14.3. The van der Waals surface area contributed by atoms with E-state index in [1.54, 1.807) is 24.5 Å². The van der Waals surface area contributed by atoms with E-state index in [1.165, 1.54) is 10.4 Å². The quantitative estimate of drug-likeness (QED) is 0.220. The van der Waals surface area contributed by atoms with Crippen LogP contribution in [0.4, 0.5) is 6.01 Å². The molecule has 0 saturated carbocycles. The number of halogens is 1. The number of hydrogen-bond donors (Lipinski definition) is 0. The normalized spacial score (nSPS) is 17.5. The lowest BCUT2D eigenvalue weighted by Gasteiger charge is -2.37. The van der Waals surface area contributed by atoms with Gasteiger partial charge in [0.2, 0.25) is 0 Å². The summed E-state index contributed by atoms with van der Waals surface area (Å²) in [6.45, 7) is 8.31. The van der Waals surface area contributed by atoms with E-state index >= 15 is 0 Å². The highest BCUT2D eigenvalue weighted by Crippen LogP contribution is 2.36. The lowest BCUT2D eigenvalue weighted by molar-refractivity contribution is 0.0694. The Morgan fingerprint density at radius 2 is 1.85 bits per heavy atom. The van der Waals surface area contributed by atoms with Crippen LogP contribution in [0.25, 0.3) is 16.8 Å². The number of oxazole rings is 1. The molecule has 0 radical (unpaired) electrons. The van der Waals surface area contributed by atoms with Gasteiger partial charge in [0.05, 0.1) is 23.6 Å². The molecule has 208 valence electrons. The Bertz CT molecular complexity index is 1680. The number of amides is 1. The maximum Gasteiger partial charge on any atom is 0.298 e. The first-order chi connectivity index (χ1) is 19.9. The summed E-state index contributed by atoms with van der Waals surface area (Å²) in [5.41, 5.74) is 4.45. The van der Waals surface area contributed by atoms with Gasteiger partial charge >= 0.3 is 0 Å². The first-order valence-corrected chi connectivity index (χ1v) is 14.0. The molecular formula is C32H31ClN6O2. The highest BCUT2D eigenvalue weighted by molar-refractivity contribution is 6.31. The van der Waals surface area contributed by atoms with E-state index in [4.69, 9.17) is 21.0 Å². The molecule has 8 nitrogen and oxygen atoms in total. The van der Waals surface area contributed by atoms with Gasteiger partial charge in [0.15, 0.2) is 5.58 Å². The lowest BCUT2D eigenvalue weighted by Crippen LogP contribution is -2.44. The average Bonchev–Trinajstić information content (AvgIpc) is 3.61. The molecule has 5 aromatic rings. The van der Waals surface area contributed by atoms with Crippen molar-refractivity contribution in [3.8, 4) is 5.69 Å². The maximum atomic E-state index is 14.3. The number of carbonyl (C=O) groups excluding carboxylic acids is 1. The zero-order valence-electron chi connectivity index (χ0n) is 22.9. The largest absolute Gasteiger partial charge is 0.423 e. The van der Waals surface area contributed by atoms with Crippen LogP contribution < -0.4 is 4.90 Å². The smallest absolute Gasteiger partial charge is 0.298 e. The molecule has 1 aliphatic rings. The Hall–Kier alpha value is -4.43. The number of aryl methyl sites for hydroxylation is 1. The van der Waals surface area contributed by atoms with E-state index in [1.807, 2.05) is 48.2 Å². The van der Waals surface area contributed by atoms with Crippen LogP contribution >= 0.6 is 11.6 Å². The highest BCUT2D eigenvalue weighted by atomic mass is 35.5. The summed E-state index contributed by atoms with van der Waals surface area (Å²) in [5, 5.41) is 9.20. The highest BCUT2D eigenvalue weighted by Gasteiger charge is 2.39. The van der Waals surface area contributed by atoms with E-state index in [0.29, 0.717) is 66.0 Å². The van der Waals surface area contributed by atoms with Crippen LogP contribution in [0.15, 0.2) is 96.2 Å². The van der Waals surface area contributed by atoms with Crippen LogP contribution in [-0.4, -0.2) is 57.0 Å². The fraction of sp³-hybridized carbons (Fsp3) is 0.250. The van der Waals surface area contributed by atoms with E-state index in [0.717, 1.165) is 12.0 Å². The third kappa shape index (κ3) is 5.60. The minimum Gasteiger partial charge on any atom is -0.423 e. The van der Waals surface area contributed by atoms with Gasteiger partial charge in [-0.1, -0.05) is 59.6 Å². The third-order valence-corrected chi connectivity index (χ3v) is 7.84. The minimum atomic E-state index is -0.346. The number of anilines is 1. The van der Waals surface area contributed by atoms with Crippen molar-refractivity contribution in [2.45, 2.75) is 19.8 Å². The summed E-state index contributed by atoms with van der Waals surface area (Å²) in [4.78, 5) is 24.7. The SMILES string of the molecule is C=CCC1(Cc2ccccc2)CN(C(=O)c2cc(C)ccc2-n2nccn2)CCN(c2nc3cc(Cl)ccc3o2)C1. The number of nitrogens with zero attached hydrogens (tertiary/aromatic N) is 6. The summed E-state index contributed by atoms with van der Waals surface area (Å²) in [6, 6.07) is 22.1. The Morgan fingerprint density at radius 3 is 2.63 bits per heavy atom. The molecule has 1 fully saturated rings. The van der Waals surface area contributed by atoms with Gasteiger partial charge in [0.25, 0.3) is 11.9 Å². The molecule has 3 aromatic carbocycles. The molecular weight excluding hydrogens is 536 g/mol. The second-order valence-corrected chi connectivity index (χ2v) is 11.2. The van der Waals surface area contributed by atoms with Gasteiger partial charge in [-0.2, -0.15) is 20.0 Å². The van der Waals surface area contributed by atoms with E-state index in [9.17, 15) is 4.79 Å². The number of fused-ring (bicyclic) bond motifs is 1. The molecule has 41 heavy (non-hydrogen) atoms. The van der Waals surface area contributed by atoms with Gasteiger partial charge in [0, 0.05) is 36.6 Å². The molecule has 1 saturated heterocycles. The summed E-state index contributed by atoms with van der Waals surface area (Å²) in [7, 11) is 0. The fourth-order valence-corrected chi connectivity index (χ4v) is 5.94. The van der Waals surface area contributed by atoms with Crippen LogP contribution in [-0.2, 0) is 6.42 Å². The molecule has 1 atom stereocenters. The lowest BCUT2D eigenvalue weighted by atomic mass is 9.77. The van der Waals surface area contributed by atoms with Crippen molar-refractivity contribution >= 4 is 34.6 Å². The van der Waals surface area contributed by atoms with Crippen LogP contribution in [0.3, 0.4) is 0 Å². The van der Waals surface area contributed by atoms with Crippen molar-refractivity contribution in [3.63, 3.8) is 0 Å². The van der Waals surface area contributed by atoms with Gasteiger partial charge < -0.3 is 14.2 Å². The Morgan fingerprint density at radius 1 is 1.05 bits per heavy atom. The number of carbonyl (C=O) groups is 1. The van der Waals surface area contributed by atoms with Crippen molar-refractivity contribution in [3.05, 3.63) is 113 Å². The Balaban J connectivity index is 1.41. The van der Waals surface area contributed by atoms with Gasteiger partial charge in [-0.15, -0.1) is 6.58 Å². The zero-order chi connectivity index (χ0) is 28.4. The average molecular weight is 567 g/mol. The number of allylic oxidation sites excluding steroid dienone is 1.